The predicted molar refractivity (Wildman–Crippen MR) is 133 cm³/mol. The van der Waals surface area contributed by atoms with Crippen molar-refractivity contribution in [3.63, 3.8) is 0 Å². The third-order valence-corrected chi connectivity index (χ3v) is 5.36. The van der Waals surface area contributed by atoms with Crippen LogP contribution in [0.5, 0.6) is 11.5 Å². The number of allylic oxidation sites excluding steroid dienone is 2. The fourth-order valence-electron chi connectivity index (χ4n) is 3.52. The van der Waals surface area contributed by atoms with Crippen molar-refractivity contribution in [3.05, 3.63) is 99.7 Å². The summed E-state index contributed by atoms with van der Waals surface area (Å²) in [4.78, 5) is 13.2. The van der Waals surface area contributed by atoms with Crippen LogP contribution in [-0.4, -0.2) is 5.91 Å². The van der Waals surface area contributed by atoms with Crippen LogP contribution in [0.25, 0.3) is 5.57 Å². The molecule has 0 unspecified atom stereocenters. The Bertz CT molecular complexity index is 1260. The van der Waals surface area contributed by atoms with Crippen molar-refractivity contribution < 1.29 is 9.53 Å². The number of nitriles is 1. The van der Waals surface area contributed by atoms with Gasteiger partial charge in [0.25, 0.3) is 5.91 Å². The molecule has 0 radical (unpaired) electrons. The Hall–Kier alpha value is -3.55. The number of nitrogens with one attached hydrogen (secondary N) is 1. The van der Waals surface area contributed by atoms with Gasteiger partial charge in [0.15, 0.2) is 0 Å². The van der Waals surface area contributed by atoms with E-state index in [1.54, 1.807) is 48.5 Å². The number of ether oxygens (including phenoxy) is 1. The van der Waals surface area contributed by atoms with Crippen LogP contribution in [-0.2, 0) is 0 Å². The number of carbonyl (C=O) groups excluding carboxylic acids is 1. The summed E-state index contributed by atoms with van der Waals surface area (Å²) in [7, 11) is 0. The first-order valence-corrected chi connectivity index (χ1v) is 11.0. The Morgan fingerprint density at radius 1 is 0.970 bits per heavy atom. The number of benzene rings is 3. The van der Waals surface area contributed by atoms with Crippen molar-refractivity contribution in [1.82, 2.24) is 5.32 Å². The lowest BCUT2D eigenvalue weighted by Crippen LogP contribution is -2.31. The minimum atomic E-state index is -0.465. The van der Waals surface area contributed by atoms with E-state index in [0.29, 0.717) is 33.4 Å². The van der Waals surface area contributed by atoms with Crippen molar-refractivity contribution in [2.45, 2.75) is 34.6 Å². The number of halogens is 1. The molecule has 0 aromatic heterocycles. The molecule has 0 fully saturated rings. The summed E-state index contributed by atoms with van der Waals surface area (Å²) in [6.07, 6.45) is 0. The van der Waals surface area contributed by atoms with E-state index in [1.165, 1.54) is 0 Å². The van der Waals surface area contributed by atoms with Crippen LogP contribution in [0.2, 0.25) is 5.02 Å². The normalized spacial score (nSPS) is 11.9. The molecule has 0 spiro atoms. The van der Waals surface area contributed by atoms with E-state index in [4.69, 9.17) is 16.3 Å². The van der Waals surface area contributed by atoms with Gasteiger partial charge in [-0.05, 0) is 61.4 Å². The molecule has 4 nitrogen and oxygen atoms in total. The minimum Gasteiger partial charge on any atom is -0.457 e. The first kappa shape index (κ1) is 24.1. The zero-order valence-electron chi connectivity index (χ0n) is 19.5. The van der Waals surface area contributed by atoms with Crippen LogP contribution in [0.15, 0.2) is 72.4 Å². The standard InChI is InChI=1S/C28H27ClN2O2/c1-18-12-13-24(19(2)14-18)25(17-30)26(28(3,4)5)31-27(32)20-8-6-10-22(15-20)33-23-11-7-9-21(29)16-23/h6-16H,1-5H3,(H,31,32). The van der Waals surface area contributed by atoms with Gasteiger partial charge in [-0.1, -0.05) is 68.3 Å². The fraction of sp³-hybridized carbons (Fsp3) is 0.214. The van der Waals surface area contributed by atoms with Crippen LogP contribution in [0.3, 0.4) is 0 Å². The molecular formula is C28H27ClN2O2. The van der Waals surface area contributed by atoms with Gasteiger partial charge >= 0.3 is 0 Å². The third-order valence-electron chi connectivity index (χ3n) is 5.13. The molecule has 0 aliphatic carbocycles. The second-order valence-electron chi connectivity index (χ2n) is 8.97. The van der Waals surface area contributed by atoms with E-state index in [1.807, 2.05) is 52.8 Å². The summed E-state index contributed by atoms with van der Waals surface area (Å²) in [5.74, 6) is 0.784. The molecule has 168 valence electrons. The van der Waals surface area contributed by atoms with Crippen LogP contribution < -0.4 is 10.1 Å². The van der Waals surface area contributed by atoms with Crippen molar-refractivity contribution in [2.24, 2.45) is 5.41 Å². The van der Waals surface area contributed by atoms with E-state index in [0.717, 1.165) is 16.7 Å². The van der Waals surface area contributed by atoms with Gasteiger partial charge in [-0.2, -0.15) is 5.26 Å². The maximum Gasteiger partial charge on any atom is 0.255 e. The lowest BCUT2D eigenvalue weighted by molar-refractivity contribution is 0.0957. The monoisotopic (exact) mass is 458 g/mol. The maximum atomic E-state index is 13.2. The van der Waals surface area contributed by atoms with Gasteiger partial charge in [0.1, 0.15) is 17.6 Å². The van der Waals surface area contributed by atoms with E-state index >= 15 is 0 Å². The molecule has 3 aromatic carbocycles. The number of hydrogen-bond acceptors (Lipinski definition) is 3. The lowest BCUT2D eigenvalue weighted by Gasteiger charge is -2.26. The molecule has 0 aliphatic rings. The van der Waals surface area contributed by atoms with Crippen LogP contribution in [0.1, 0.15) is 47.8 Å². The van der Waals surface area contributed by atoms with Crippen molar-refractivity contribution in [1.29, 1.82) is 5.26 Å². The van der Waals surface area contributed by atoms with Crippen LogP contribution >= 0.6 is 11.6 Å². The number of aryl methyl sites for hydroxylation is 2. The molecule has 5 heteroatoms. The third kappa shape index (κ3) is 6.03. The van der Waals surface area contributed by atoms with Gasteiger partial charge in [-0.25, -0.2) is 0 Å². The average Bonchev–Trinajstić information content (AvgIpc) is 2.74. The average molecular weight is 459 g/mol. The van der Waals surface area contributed by atoms with Gasteiger partial charge in [-0.3, -0.25) is 4.79 Å². The van der Waals surface area contributed by atoms with E-state index in [9.17, 15) is 10.1 Å². The molecule has 33 heavy (non-hydrogen) atoms. The molecule has 0 aliphatic heterocycles. The highest BCUT2D eigenvalue weighted by atomic mass is 35.5. The Morgan fingerprint density at radius 2 is 1.64 bits per heavy atom. The summed E-state index contributed by atoms with van der Waals surface area (Å²) in [5.41, 5.74) is 3.90. The highest BCUT2D eigenvalue weighted by Crippen LogP contribution is 2.32. The Labute approximate surface area is 200 Å². The SMILES string of the molecule is Cc1ccc(C(C#N)=C(NC(=O)c2cccc(Oc3cccc(Cl)c3)c2)C(C)(C)C)c(C)c1. The first-order chi connectivity index (χ1) is 15.6. The second kappa shape index (κ2) is 9.94. The summed E-state index contributed by atoms with van der Waals surface area (Å²) < 4.78 is 5.86. The summed E-state index contributed by atoms with van der Waals surface area (Å²) in [6.45, 7) is 9.91. The summed E-state index contributed by atoms with van der Waals surface area (Å²) >= 11 is 6.03. The van der Waals surface area contributed by atoms with E-state index < -0.39 is 5.41 Å². The van der Waals surface area contributed by atoms with Gasteiger partial charge in [0, 0.05) is 21.7 Å². The van der Waals surface area contributed by atoms with E-state index in [-0.39, 0.29) is 5.91 Å². The molecule has 0 atom stereocenters. The molecule has 1 N–H and O–H groups in total. The van der Waals surface area contributed by atoms with Crippen molar-refractivity contribution in [2.75, 3.05) is 0 Å². The number of rotatable bonds is 5. The largest absolute Gasteiger partial charge is 0.457 e. The number of nitrogens with zero attached hydrogens (tertiary/aromatic N) is 1. The molecule has 3 aromatic rings. The van der Waals surface area contributed by atoms with Crippen molar-refractivity contribution >= 4 is 23.1 Å². The minimum absolute atomic E-state index is 0.311. The molecule has 1 amide bonds. The lowest BCUT2D eigenvalue weighted by atomic mass is 9.85. The van der Waals surface area contributed by atoms with Crippen LogP contribution in [0, 0.1) is 30.6 Å². The van der Waals surface area contributed by atoms with Gasteiger partial charge in [0.05, 0.1) is 5.57 Å². The Balaban J connectivity index is 1.96. The molecule has 3 rings (SSSR count). The second-order valence-corrected chi connectivity index (χ2v) is 9.41. The molecule has 0 heterocycles. The zero-order chi connectivity index (χ0) is 24.2. The Morgan fingerprint density at radius 3 is 2.24 bits per heavy atom. The molecule has 0 saturated heterocycles. The van der Waals surface area contributed by atoms with Crippen molar-refractivity contribution in [3.8, 4) is 17.6 Å². The highest BCUT2D eigenvalue weighted by Gasteiger charge is 2.26. The maximum absolute atomic E-state index is 13.2. The van der Waals surface area contributed by atoms with Gasteiger partial charge in [-0.15, -0.1) is 0 Å². The van der Waals surface area contributed by atoms with E-state index in [2.05, 4.69) is 11.4 Å². The number of carbonyl (C=O) groups is 1. The van der Waals surface area contributed by atoms with Gasteiger partial charge < -0.3 is 10.1 Å². The predicted octanol–water partition coefficient (Wildman–Crippen LogP) is 7.46. The van der Waals surface area contributed by atoms with Crippen LogP contribution in [0.4, 0.5) is 0 Å². The quantitative estimate of drug-likeness (QED) is 0.403. The highest BCUT2D eigenvalue weighted by molar-refractivity contribution is 6.30. The molecular weight excluding hydrogens is 432 g/mol. The van der Waals surface area contributed by atoms with Gasteiger partial charge in [0.2, 0.25) is 0 Å². The zero-order valence-corrected chi connectivity index (χ0v) is 20.2. The number of amides is 1. The topological polar surface area (TPSA) is 62.1 Å². The Kier molecular flexibility index (Phi) is 7.26. The molecule has 0 bridgehead atoms. The number of hydrogen-bond donors (Lipinski definition) is 1. The summed E-state index contributed by atoms with van der Waals surface area (Å²) in [5, 5.41) is 13.6. The smallest absolute Gasteiger partial charge is 0.255 e. The summed E-state index contributed by atoms with van der Waals surface area (Å²) in [6, 6.07) is 22.2. The first-order valence-electron chi connectivity index (χ1n) is 10.7. The molecule has 0 saturated carbocycles. The fourth-order valence-corrected chi connectivity index (χ4v) is 3.70.